The Morgan fingerprint density at radius 1 is 1.40 bits per heavy atom. The highest BCUT2D eigenvalue weighted by Gasteiger charge is 2.33. The van der Waals surface area contributed by atoms with E-state index in [1.165, 1.54) is 0 Å². The summed E-state index contributed by atoms with van der Waals surface area (Å²) in [5.41, 5.74) is 1.67. The Kier molecular flexibility index (Phi) is 5.26. The Labute approximate surface area is 148 Å². The van der Waals surface area contributed by atoms with Gasteiger partial charge in [-0.25, -0.2) is 4.79 Å². The summed E-state index contributed by atoms with van der Waals surface area (Å²) >= 11 is 0. The highest BCUT2D eigenvalue weighted by atomic mass is 16.5. The normalized spacial score (nSPS) is 17.1. The van der Waals surface area contributed by atoms with E-state index in [9.17, 15) is 4.79 Å². The average Bonchev–Trinajstić information content (AvgIpc) is 3.25. The van der Waals surface area contributed by atoms with Gasteiger partial charge in [-0.2, -0.15) is 0 Å². The number of urea groups is 1. The first-order valence-electron chi connectivity index (χ1n) is 8.85. The fourth-order valence-electron chi connectivity index (χ4n) is 3.04. The van der Waals surface area contributed by atoms with Gasteiger partial charge in [0.15, 0.2) is 5.76 Å². The van der Waals surface area contributed by atoms with Crippen LogP contribution in [0.1, 0.15) is 57.0 Å². The molecule has 0 spiro atoms. The zero-order valence-corrected chi connectivity index (χ0v) is 15.0. The number of likely N-dealkylation sites (tertiary alicyclic amines) is 1. The number of carbonyl (C=O) groups excluding carboxylic acids is 1. The van der Waals surface area contributed by atoms with Crippen LogP contribution in [0.4, 0.5) is 10.5 Å². The summed E-state index contributed by atoms with van der Waals surface area (Å²) in [6.45, 7) is 7.43. The van der Waals surface area contributed by atoms with Crippen molar-refractivity contribution in [1.82, 2.24) is 10.1 Å². The van der Waals surface area contributed by atoms with Crippen molar-refractivity contribution < 1.29 is 14.1 Å². The van der Waals surface area contributed by atoms with Crippen LogP contribution in [0.3, 0.4) is 0 Å². The molecule has 1 aromatic carbocycles. The van der Waals surface area contributed by atoms with Crippen LogP contribution in [0.15, 0.2) is 34.9 Å². The van der Waals surface area contributed by atoms with Crippen LogP contribution >= 0.6 is 0 Å². The van der Waals surface area contributed by atoms with Crippen LogP contribution < -0.4 is 10.1 Å². The molecule has 134 valence electrons. The van der Waals surface area contributed by atoms with Crippen molar-refractivity contribution in [3.05, 3.63) is 41.8 Å². The lowest BCUT2D eigenvalue weighted by Crippen LogP contribution is -2.34. The van der Waals surface area contributed by atoms with E-state index in [1.54, 1.807) is 0 Å². The van der Waals surface area contributed by atoms with Crippen LogP contribution in [0.25, 0.3) is 0 Å². The summed E-state index contributed by atoms with van der Waals surface area (Å²) in [4.78, 5) is 14.5. The first-order valence-corrected chi connectivity index (χ1v) is 8.85. The summed E-state index contributed by atoms with van der Waals surface area (Å²) in [5, 5.41) is 7.07. The highest BCUT2D eigenvalue weighted by Crippen LogP contribution is 2.33. The molecule has 1 aromatic heterocycles. The maximum Gasteiger partial charge on any atom is 0.322 e. The Balaban J connectivity index is 1.67. The van der Waals surface area contributed by atoms with E-state index in [4.69, 9.17) is 9.26 Å². The molecule has 6 heteroatoms. The molecule has 6 nitrogen and oxygen atoms in total. The number of benzene rings is 1. The maximum atomic E-state index is 12.7. The van der Waals surface area contributed by atoms with Gasteiger partial charge in [-0.1, -0.05) is 19.0 Å². The molecule has 2 amide bonds. The lowest BCUT2D eigenvalue weighted by molar-refractivity contribution is 0.195. The van der Waals surface area contributed by atoms with Crippen molar-refractivity contribution >= 4 is 11.7 Å². The molecule has 1 N–H and O–H groups in total. The minimum atomic E-state index is -0.117. The Morgan fingerprint density at radius 2 is 2.16 bits per heavy atom. The Hall–Kier alpha value is -2.50. The third-order valence-corrected chi connectivity index (χ3v) is 4.40. The van der Waals surface area contributed by atoms with Crippen molar-refractivity contribution in [2.75, 3.05) is 18.5 Å². The van der Waals surface area contributed by atoms with Crippen molar-refractivity contribution in [1.29, 1.82) is 0 Å². The first-order chi connectivity index (χ1) is 12.1. The topological polar surface area (TPSA) is 67.6 Å². The molecule has 0 unspecified atom stereocenters. The molecule has 0 bridgehead atoms. The molecule has 0 aliphatic carbocycles. The minimum Gasteiger partial charge on any atom is -0.494 e. The van der Waals surface area contributed by atoms with Gasteiger partial charge >= 0.3 is 6.03 Å². The largest absolute Gasteiger partial charge is 0.494 e. The lowest BCUT2D eigenvalue weighted by Gasteiger charge is -2.23. The second-order valence-corrected chi connectivity index (χ2v) is 6.55. The predicted octanol–water partition coefficient (Wildman–Crippen LogP) is 4.57. The van der Waals surface area contributed by atoms with E-state index in [1.807, 2.05) is 42.2 Å². The zero-order valence-electron chi connectivity index (χ0n) is 15.0. The van der Waals surface area contributed by atoms with E-state index in [-0.39, 0.29) is 12.1 Å². The van der Waals surface area contributed by atoms with Crippen LogP contribution in [-0.2, 0) is 0 Å². The average molecular weight is 343 g/mol. The third kappa shape index (κ3) is 3.95. The smallest absolute Gasteiger partial charge is 0.322 e. The van der Waals surface area contributed by atoms with Gasteiger partial charge in [0.1, 0.15) is 5.75 Å². The number of rotatable bonds is 5. The lowest BCUT2D eigenvalue weighted by atomic mass is 10.1. The molecule has 1 aliphatic heterocycles. The maximum absolute atomic E-state index is 12.7. The third-order valence-electron chi connectivity index (χ3n) is 4.40. The standard InChI is InChI=1S/C19H25N3O3/c1-4-24-15-9-7-14(8-10-15)20-19(23)22-11-5-6-17(22)18-12-16(13(2)3)21-25-18/h7-10,12-13,17H,4-6,11H2,1-3H3,(H,20,23)/t17-/m1/s1. The summed E-state index contributed by atoms with van der Waals surface area (Å²) < 4.78 is 10.9. The number of carbonyl (C=O) groups is 1. The van der Waals surface area contributed by atoms with Gasteiger partial charge in [-0.05, 0) is 49.9 Å². The number of aromatic nitrogens is 1. The first kappa shape index (κ1) is 17.3. The minimum absolute atomic E-state index is 0.0531. The molecule has 2 heterocycles. The zero-order chi connectivity index (χ0) is 17.8. The van der Waals surface area contributed by atoms with Crippen molar-refractivity contribution in [2.45, 2.75) is 45.6 Å². The number of anilines is 1. The van der Waals surface area contributed by atoms with E-state index in [2.05, 4.69) is 24.3 Å². The van der Waals surface area contributed by atoms with Crippen molar-refractivity contribution in [2.24, 2.45) is 0 Å². The van der Waals surface area contributed by atoms with Gasteiger partial charge in [0.2, 0.25) is 0 Å². The van der Waals surface area contributed by atoms with Crippen LogP contribution in [0, 0.1) is 0 Å². The molecule has 1 aliphatic rings. The van der Waals surface area contributed by atoms with Crippen LogP contribution in [0.5, 0.6) is 5.75 Å². The molecule has 2 aromatic rings. The van der Waals surface area contributed by atoms with Gasteiger partial charge < -0.3 is 19.5 Å². The van der Waals surface area contributed by atoms with E-state index < -0.39 is 0 Å². The molecule has 25 heavy (non-hydrogen) atoms. The van der Waals surface area contributed by atoms with E-state index in [0.29, 0.717) is 19.1 Å². The monoisotopic (exact) mass is 343 g/mol. The molecule has 1 fully saturated rings. The number of nitrogens with one attached hydrogen (secondary N) is 1. The van der Waals surface area contributed by atoms with Gasteiger partial charge in [-0.3, -0.25) is 0 Å². The SMILES string of the molecule is CCOc1ccc(NC(=O)N2CCC[C@@H]2c2cc(C(C)C)no2)cc1. The fraction of sp³-hybridized carbons (Fsp3) is 0.474. The van der Waals surface area contributed by atoms with E-state index >= 15 is 0 Å². The van der Waals surface area contributed by atoms with Crippen molar-refractivity contribution in [3.8, 4) is 5.75 Å². The number of nitrogens with zero attached hydrogens (tertiary/aromatic N) is 2. The number of hydrogen-bond donors (Lipinski definition) is 1. The molecule has 0 radical (unpaired) electrons. The second kappa shape index (κ2) is 7.59. The Morgan fingerprint density at radius 3 is 2.80 bits per heavy atom. The quantitative estimate of drug-likeness (QED) is 0.864. The van der Waals surface area contributed by atoms with Gasteiger partial charge in [-0.15, -0.1) is 0 Å². The summed E-state index contributed by atoms with van der Waals surface area (Å²) in [7, 11) is 0. The number of ether oxygens (including phenoxy) is 1. The summed E-state index contributed by atoms with van der Waals surface area (Å²) in [6, 6.07) is 9.20. The fourth-order valence-corrected chi connectivity index (χ4v) is 3.04. The molecule has 1 saturated heterocycles. The van der Waals surface area contributed by atoms with Gasteiger partial charge in [0.25, 0.3) is 0 Å². The second-order valence-electron chi connectivity index (χ2n) is 6.55. The van der Waals surface area contributed by atoms with E-state index in [0.717, 1.165) is 35.7 Å². The molecule has 1 atom stereocenters. The molecular formula is C19H25N3O3. The van der Waals surface area contributed by atoms with Crippen LogP contribution in [0.2, 0.25) is 0 Å². The number of amides is 2. The summed E-state index contributed by atoms with van der Waals surface area (Å²) in [6.07, 6.45) is 1.85. The molecule has 0 saturated carbocycles. The summed E-state index contributed by atoms with van der Waals surface area (Å²) in [5.74, 6) is 1.87. The van der Waals surface area contributed by atoms with Gasteiger partial charge in [0, 0.05) is 18.3 Å². The molecule has 3 rings (SSSR count). The number of hydrogen-bond acceptors (Lipinski definition) is 4. The molecular weight excluding hydrogens is 318 g/mol. The van der Waals surface area contributed by atoms with Crippen molar-refractivity contribution in [3.63, 3.8) is 0 Å². The highest BCUT2D eigenvalue weighted by molar-refractivity contribution is 5.89. The van der Waals surface area contributed by atoms with Crippen LogP contribution in [-0.4, -0.2) is 29.2 Å². The van der Waals surface area contributed by atoms with Gasteiger partial charge in [0.05, 0.1) is 18.3 Å². The predicted molar refractivity (Wildman–Crippen MR) is 95.9 cm³/mol. The Bertz CT molecular complexity index is 709.